The molecule has 98 valence electrons. The molecular formula is C15H15BiS3. The molecule has 0 aliphatic heterocycles. The zero-order valence-electron chi connectivity index (χ0n) is 11.1. The first-order valence-corrected chi connectivity index (χ1v) is 14.0. The topological polar surface area (TPSA) is 0 Å². The van der Waals surface area contributed by atoms with Crippen molar-refractivity contribution >= 4 is 63.5 Å². The Kier molecular flexibility index (Phi) is 4.23. The van der Waals surface area contributed by atoms with Gasteiger partial charge in [-0.2, -0.15) is 0 Å². The van der Waals surface area contributed by atoms with Crippen molar-refractivity contribution < 1.29 is 0 Å². The van der Waals surface area contributed by atoms with Gasteiger partial charge in [0.25, 0.3) is 0 Å². The van der Waals surface area contributed by atoms with Gasteiger partial charge >= 0.3 is 135 Å². The van der Waals surface area contributed by atoms with Crippen LogP contribution in [-0.4, -0.2) is 21.8 Å². The Bertz CT molecular complexity index is 594. The first-order chi connectivity index (χ1) is 9.18. The van der Waals surface area contributed by atoms with Crippen molar-refractivity contribution in [1.29, 1.82) is 0 Å². The molecule has 0 saturated heterocycles. The summed E-state index contributed by atoms with van der Waals surface area (Å²) >= 11 is 3.93. The number of aryl methyl sites for hydroxylation is 3. The minimum atomic E-state index is -2.00. The summed E-state index contributed by atoms with van der Waals surface area (Å²) in [5.74, 6) is 0. The van der Waals surface area contributed by atoms with Crippen molar-refractivity contribution in [2.45, 2.75) is 20.8 Å². The molecule has 0 aromatic carbocycles. The normalized spacial score (nSPS) is 11.4. The second-order valence-corrected chi connectivity index (χ2v) is 18.8. The minimum absolute atomic E-state index is 1.50. The zero-order chi connectivity index (χ0) is 13.4. The molecule has 0 unspecified atom stereocenters. The van der Waals surface area contributed by atoms with E-state index < -0.39 is 21.8 Å². The van der Waals surface area contributed by atoms with Crippen LogP contribution in [0.1, 0.15) is 16.7 Å². The average molecular weight is 500 g/mol. The molecule has 0 N–H and O–H groups in total. The van der Waals surface area contributed by atoms with Gasteiger partial charge in [-0.05, 0) is 0 Å². The molecule has 3 aromatic rings. The number of rotatable bonds is 3. The van der Waals surface area contributed by atoms with E-state index in [2.05, 4.69) is 55.1 Å². The third-order valence-corrected chi connectivity index (χ3v) is 22.9. The van der Waals surface area contributed by atoms with Crippen LogP contribution in [0.3, 0.4) is 0 Å². The van der Waals surface area contributed by atoms with E-state index in [1.807, 2.05) is 34.0 Å². The molecular weight excluding hydrogens is 485 g/mol. The van der Waals surface area contributed by atoms with Crippen LogP contribution in [0.2, 0.25) is 0 Å². The standard InChI is InChI=1S/3C5H5S.Bi/c3*1-5-2-3-6-4-5;/h3*2-3H,1H3;. The molecule has 0 amide bonds. The Morgan fingerprint density at radius 1 is 0.632 bits per heavy atom. The fraction of sp³-hybridized carbons (Fsp3) is 0.200. The Morgan fingerprint density at radius 2 is 0.947 bits per heavy atom. The summed E-state index contributed by atoms with van der Waals surface area (Å²) in [7, 11) is 0. The maximum atomic E-state index is 2.29. The summed E-state index contributed by atoms with van der Waals surface area (Å²) < 4.78 is 5.10. The molecule has 3 heterocycles. The predicted octanol–water partition coefficient (Wildman–Crippen LogP) is 3.31. The number of hydrogen-bond donors (Lipinski definition) is 0. The van der Waals surface area contributed by atoms with Crippen LogP contribution in [0.15, 0.2) is 34.3 Å². The van der Waals surface area contributed by atoms with Crippen LogP contribution < -0.4 is 7.76 Å². The third kappa shape index (κ3) is 2.61. The summed E-state index contributed by atoms with van der Waals surface area (Å²) in [6.45, 7) is 6.83. The van der Waals surface area contributed by atoms with Crippen molar-refractivity contribution in [3.05, 3.63) is 51.0 Å². The van der Waals surface area contributed by atoms with Crippen LogP contribution in [-0.2, 0) is 0 Å². The molecule has 0 nitrogen and oxygen atoms in total. The molecule has 4 heteroatoms. The molecule has 3 aromatic heterocycles. The SMILES string of the molecule is Cc1ccs[c]1[Bi]([c]1sccc1C)[c]1sccc1C. The molecule has 0 bridgehead atoms. The molecule has 0 fully saturated rings. The van der Waals surface area contributed by atoms with Crippen molar-refractivity contribution in [1.82, 2.24) is 0 Å². The van der Waals surface area contributed by atoms with E-state index in [0.29, 0.717) is 0 Å². The van der Waals surface area contributed by atoms with Crippen LogP contribution >= 0.6 is 34.0 Å². The van der Waals surface area contributed by atoms with Crippen molar-refractivity contribution in [2.75, 3.05) is 0 Å². The molecule has 0 aliphatic rings. The van der Waals surface area contributed by atoms with Crippen molar-refractivity contribution in [3.8, 4) is 0 Å². The van der Waals surface area contributed by atoms with Gasteiger partial charge in [-0.3, -0.25) is 0 Å². The summed E-state index contributed by atoms with van der Waals surface area (Å²) in [5.41, 5.74) is 4.51. The number of hydrogen-bond acceptors (Lipinski definition) is 3. The van der Waals surface area contributed by atoms with E-state index in [9.17, 15) is 0 Å². The average Bonchev–Trinajstić information content (AvgIpc) is 3.07. The van der Waals surface area contributed by atoms with Crippen LogP contribution in [0.5, 0.6) is 0 Å². The molecule has 19 heavy (non-hydrogen) atoms. The van der Waals surface area contributed by atoms with Crippen molar-refractivity contribution in [3.63, 3.8) is 0 Å². The van der Waals surface area contributed by atoms with Gasteiger partial charge in [-0.1, -0.05) is 0 Å². The zero-order valence-corrected chi connectivity index (χ0v) is 17.1. The summed E-state index contributed by atoms with van der Waals surface area (Å²) in [6.07, 6.45) is 0. The summed E-state index contributed by atoms with van der Waals surface area (Å²) in [6, 6.07) is 6.86. The Hall–Kier alpha value is -0.0169. The molecule has 0 aliphatic carbocycles. The Morgan fingerprint density at radius 3 is 1.16 bits per heavy atom. The van der Waals surface area contributed by atoms with E-state index in [1.165, 1.54) is 16.7 Å². The molecule has 0 radical (unpaired) electrons. The van der Waals surface area contributed by atoms with Gasteiger partial charge in [0.1, 0.15) is 0 Å². The molecule has 0 spiro atoms. The van der Waals surface area contributed by atoms with E-state index in [4.69, 9.17) is 0 Å². The monoisotopic (exact) mass is 500 g/mol. The van der Waals surface area contributed by atoms with E-state index in [0.717, 1.165) is 0 Å². The van der Waals surface area contributed by atoms with Gasteiger partial charge in [0.2, 0.25) is 0 Å². The van der Waals surface area contributed by atoms with Crippen LogP contribution in [0.25, 0.3) is 0 Å². The van der Waals surface area contributed by atoms with Gasteiger partial charge in [-0.15, -0.1) is 0 Å². The fourth-order valence-electron chi connectivity index (χ4n) is 2.06. The van der Waals surface area contributed by atoms with Gasteiger partial charge in [-0.25, -0.2) is 0 Å². The van der Waals surface area contributed by atoms with Gasteiger partial charge in [0.15, 0.2) is 0 Å². The van der Waals surface area contributed by atoms with Crippen LogP contribution in [0.4, 0.5) is 0 Å². The Balaban J connectivity index is 2.20. The molecule has 3 rings (SSSR count). The maximum absolute atomic E-state index is 2.29. The van der Waals surface area contributed by atoms with Gasteiger partial charge < -0.3 is 0 Å². The first kappa shape index (κ1) is 13.9. The fourth-order valence-corrected chi connectivity index (χ4v) is 23.6. The summed E-state index contributed by atoms with van der Waals surface area (Å²) in [4.78, 5) is 0. The quantitative estimate of drug-likeness (QED) is 0.485. The Labute approximate surface area is 134 Å². The molecule has 0 atom stereocenters. The predicted molar refractivity (Wildman–Crippen MR) is 91.8 cm³/mol. The van der Waals surface area contributed by atoms with E-state index in [1.54, 1.807) is 7.76 Å². The van der Waals surface area contributed by atoms with Crippen molar-refractivity contribution in [2.24, 2.45) is 0 Å². The van der Waals surface area contributed by atoms with Gasteiger partial charge in [0.05, 0.1) is 0 Å². The van der Waals surface area contributed by atoms with E-state index in [-0.39, 0.29) is 0 Å². The number of thiophene rings is 3. The summed E-state index contributed by atoms with van der Waals surface area (Å²) in [5, 5.41) is 6.79. The van der Waals surface area contributed by atoms with E-state index >= 15 is 0 Å². The first-order valence-electron chi connectivity index (χ1n) is 6.11. The second kappa shape index (κ2) is 5.77. The third-order valence-electron chi connectivity index (χ3n) is 3.11. The molecule has 0 saturated carbocycles. The second-order valence-electron chi connectivity index (χ2n) is 4.56. The van der Waals surface area contributed by atoms with Gasteiger partial charge in [0, 0.05) is 0 Å². The van der Waals surface area contributed by atoms with Crippen LogP contribution in [0, 0.1) is 20.8 Å².